The Morgan fingerprint density at radius 1 is 0.949 bits per heavy atom. The van der Waals surface area contributed by atoms with Gasteiger partial charge in [0, 0.05) is 19.0 Å². The molecule has 0 spiro atoms. The zero-order chi connectivity index (χ0) is 27.8. The van der Waals surface area contributed by atoms with Crippen molar-refractivity contribution in [2.45, 2.75) is 71.7 Å². The molecule has 0 radical (unpaired) electrons. The molecule has 3 aromatic carbocycles. The fourth-order valence-corrected chi connectivity index (χ4v) is 5.13. The molecule has 0 atom stereocenters. The van der Waals surface area contributed by atoms with Crippen molar-refractivity contribution in [2.24, 2.45) is 0 Å². The third-order valence-electron chi connectivity index (χ3n) is 7.36. The first-order chi connectivity index (χ1) is 18.8. The van der Waals surface area contributed by atoms with E-state index in [4.69, 9.17) is 14.2 Å². The van der Waals surface area contributed by atoms with Crippen LogP contribution in [0.25, 0.3) is 16.7 Å². The molecule has 3 aromatic rings. The van der Waals surface area contributed by atoms with Crippen LogP contribution in [0.4, 0.5) is 0 Å². The Kier molecular flexibility index (Phi) is 9.83. The van der Waals surface area contributed by atoms with E-state index in [9.17, 15) is 4.79 Å². The Morgan fingerprint density at radius 3 is 2.41 bits per heavy atom. The second-order valence-corrected chi connectivity index (χ2v) is 10.6. The van der Waals surface area contributed by atoms with E-state index in [1.54, 1.807) is 14.0 Å². The van der Waals surface area contributed by atoms with Crippen LogP contribution < -0.4 is 14.8 Å². The van der Waals surface area contributed by atoms with E-state index in [1.807, 2.05) is 6.92 Å². The molecule has 0 bridgehead atoms. The van der Waals surface area contributed by atoms with E-state index in [0.717, 1.165) is 71.4 Å². The van der Waals surface area contributed by atoms with E-state index >= 15 is 0 Å². The largest absolute Gasteiger partial charge is 0.496 e. The van der Waals surface area contributed by atoms with Crippen LogP contribution in [0, 0.1) is 6.92 Å². The Hall–Kier alpha value is -3.57. The first kappa shape index (κ1) is 28.4. The zero-order valence-electron chi connectivity index (χ0n) is 23.7. The lowest BCUT2D eigenvalue weighted by Gasteiger charge is -2.29. The number of carbonyl (C=O) groups is 1. The SMILES string of the molecule is C=C(C)c1cccc(-c2cc(OC3CCC(OCc4ccc(C)cc4OC)CC3)ccc2CCNC(C)=O)c1. The highest BCUT2D eigenvalue weighted by molar-refractivity contribution is 5.75. The van der Waals surface area contributed by atoms with Gasteiger partial charge in [0.1, 0.15) is 11.5 Å². The van der Waals surface area contributed by atoms with Crippen molar-refractivity contribution in [1.82, 2.24) is 5.32 Å². The Morgan fingerprint density at radius 2 is 1.69 bits per heavy atom. The highest BCUT2D eigenvalue weighted by atomic mass is 16.5. The molecule has 0 aliphatic heterocycles. The summed E-state index contributed by atoms with van der Waals surface area (Å²) in [5, 5.41) is 2.91. The maximum atomic E-state index is 11.4. The van der Waals surface area contributed by atoms with Gasteiger partial charge in [-0.05, 0) is 98.0 Å². The summed E-state index contributed by atoms with van der Waals surface area (Å²) in [5.74, 6) is 1.75. The second kappa shape index (κ2) is 13.5. The molecule has 0 unspecified atom stereocenters. The normalized spacial score (nSPS) is 16.9. The average Bonchev–Trinajstić information content (AvgIpc) is 2.93. The van der Waals surface area contributed by atoms with Crippen LogP contribution in [-0.2, 0) is 22.6 Å². The van der Waals surface area contributed by atoms with E-state index in [-0.39, 0.29) is 18.1 Å². The number of carbonyl (C=O) groups excluding carboxylic acids is 1. The third kappa shape index (κ3) is 7.96. The van der Waals surface area contributed by atoms with Crippen LogP contribution in [0.15, 0.2) is 67.2 Å². The minimum absolute atomic E-state index is 0.0154. The standard InChI is InChI=1S/C34H41NO4/c1-23(2)27-7-6-8-28(20-27)33-21-32(12-11-26(33)17-18-35-25(4)36)39-31-15-13-30(14-16-31)38-22-29-10-9-24(3)19-34(29)37-5/h6-12,19-21,30-31H,1,13-18,22H2,2-5H3,(H,35,36). The van der Waals surface area contributed by atoms with Crippen molar-refractivity contribution in [3.63, 3.8) is 0 Å². The Bertz CT molecular complexity index is 1290. The summed E-state index contributed by atoms with van der Waals surface area (Å²) in [7, 11) is 1.71. The minimum atomic E-state index is -0.0154. The summed E-state index contributed by atoms with van der Waals surface area (Å²) >= 11 is 0. The first-order valence-corrected chi connectivity index (χ1v) is 13.9. The predicted octanol–water partition coefficient (Wildman–Crippen LogP) is 7.29. The van der Waals surface area contributed by atoms with Gasteiger partial charge in [0.05, 0.1) is 25.9 Å². The number of rotatable bonds is 11. The fraction of sp³-hybridized carbons (Fsp3) is 0.382. The van der Waals surface area contributed by atoms with Gasteiger partial charge in [-0.3, -0.25) is 4.79 Å². The molecule has 1 fully saturated rings. The van der Waals surface area contributed by atoms with Gasteiger partial charge in [0.25, 0.3) is 0 Å². The number of methoxy groups -OCH3 is 1. The molecule has 0 aromatic heterocycles. The molecule has 1 amide bonds. The van der Waals surface area contributed by atoms with Crippen molar-refractivity contribution >= 4 is 11.5 Å². The summed E-state index contributed by atoms with van der Waals surface area (Å²) in [6.07, 6.45) is 5.01. The summed E-state index contributed by atoms with van der Waals surface area (Å²) in [6, 6.07) is 21.0. The highest BCUT2D eigenvalue weighted by Gasteiger charge is 2.24. The van der Waals surface area contributed by atoms with Gasteiger partial charge < -0.3 is 19.5 Å². The molecule has 4 rings (SSSR count). The predicted molar refractivity (Wildman–Crippen MR) is 158 cm³/mol. The van der Waals surface area contributed by atoms with Gasteiger partial charge in [-0.15, -0.1) is 0 Å². The minimum Gasteiger partial charge on any atom is -0.496 e. The molecule has 39 heavy (non-hydrogen) atoms. The van der Waals surface area contributed by atoms with Gasteiger partial charge in [-0.25, -0.2) is 0 Å². The van der Waals surface area contributed by atoms with Gasteiger partial charge in [-0.2, -0.15) is 0 Å². The van der Waals surface area contributed by atoms with E-state index in [1.165, 1.54) is 11.1 Å². The second-order valence-electron chi connectivity index (χ2n) is 10.6. The lowest BCUT2D eigenvalue weighted by atomic mass is 9.93. The van der Waals surface area contributed by atoms with Crippen molar-refractivity contribution in [1.29, 1.82) is 0 Å². The Labute approximate surface area is 233 Å². The average molecular weight is 528 g/mol. The Balaban J connectivity index is 1.40. The summed E-state index contributed by atoms with van der Waals surface area (Å²) < 4.78 is 18.3. The number of amides is 1. The molecule has 1 aliphatic carbocycles. The third-order valence-corrected chi connectivity index (χ3v) is 7.36. The van der Waals surface area contributed by atoms with Crippen molar-refractivity contribution < 1.29 is 19.0 Å². The van der Waals surface area contributed by atoms with Crippen LogP contribution in [0.3, 0.4) is 0 Å². The van der Waals surface area contributed by atoms with E-state index < -0.39 is 0 Å². The molecule has 5 nitrogen and oxygen atoms in total. The molecular weight excluding hydrogens is 486 g/mol. The zero-order valence-corrected chi connectivity index (χ0v) is 23.7. The van der Waals surface area contributed by atoms with Gasteiger partial charge >= 0.3 is 0 Å². The number of ether oxygens (including phenoxy) is 3. The molecule has 1 N–H and O–H groups in total. The maximum Gasteiger partial charge on any atom is 0.216 e. The van der Waals surface area contributed by atoms with Crippen LogP contribution in [0.2, 0.25) is 0 Å². The number of hydrogen-bond donors (Lipinski definition) is 1. The van der Waals surface area contributed by atoms with Crippen LogP contribution in [0.5, 0.6) is 11.5 Å². The summed E-state index contributed by atoms with van der Waals surface area (Å²) in [5.41, 5.74) is 7.85. The van der Waals surface area contributed by atoms with Crippen molar-refractivity contribution in [3.8, 4) is 22.6 Å². The molecule has 0 saturated heterocycles. The monoisotopic (exact) mass is 527 g/mol. The number of allylic oxidation sites excluding steroid dienone is 1. The lowest BCUT2D eigenvalue weighted by Crippen LogP contribution is -2.28. The topological polar surface area (TPSA) is 56.8 Å². The molecule has 1 saturated carbocycles. The summed E-state index contributed by atoms with van der Waals surface area (Å²) in [4.78, 5) is 11.4. The van der Waals surface area contributed by atoms with E-state index in [0.29, 0.717) is 13.2 Å². The van der Waals surface area contributed by atoms with Crippen LogP contribution in [-0.4, -0.2) is 31.8 Å². The van der Waals surface area contributed by atoms with Crippen LogP contribution >= 0.6 is 0 Å². The van der Waals surface area contributed by atoms with Gasteiger partial charge in [-0.1, -0.05) is 48.6 Å². The van der Waals surface area contributed by atoms with Gasteiger partial charge in [0.2, 0.25) is 5.91 Å². The highest BCUT2D eigenvalue weighted by Crippen LogP contribution is 2.33. The van der Waals surface area contributed by atoms with Crippen molar-refractivity contribution in [2.75, 3.05) is 13.7 Å². The lowest BCUT2D eigenvalue weighted by molar-refractivity contribution is -0.118. The maximum absolute atomic E-state index is 11.4. The molecule has 1 aliphatic rings. The van der Waals surface area contributed by atoms with Crippen molar-refractivity contribution in [3.05, 3.63) is 89.5 Å². The fourth-order valence-electron chi connectivity index (χ4n) is 5.13. The van der Waals surface area contributed by atoms with E-state index in [2.05, 4.69) is 79.5 Å². The molecule has 0 heterocycles. The number of nitrogens with one attached hydrogen (secondary N) is 1. The molecule has 5 heteroatoms. The quantitative estimate of drug-likeness (QED) is 0.284. The number of hydrogen-bond acceptors (Lipinski definition) is 4. The first-order valence-electron chi connectivity index (χ1n) is 13.9. The molecular formula is C34H41NO4. The number of benzene rings is 3. The smallest absolute Gasteiger partial charge is 0.216 e. The number of aryl methyl sites for hydroxylation is 1. The summed E-state index contributed by atoms with van der Waals surface area (Å²) in [6.45, 7) is 10.9. The van der Waals surface area contributed by atoms with Gasteiger partial charge in [0.15, 0.2) is 0 Å². The molecule has 206 valence electrons. The van der Waals surface area contributed by atoms with Crippen LogP contribution in [0.1, 0.15) is 61.8 Å².